The molecule has 1 N–H and O–H groups in total. The Morgan fingerprint density at radius 3 is 2.59 bits per heavy atom. The lowest BCUT2D eigenvalue weighted by atomic mass is 10.0. The lowest BCUT2D eigenvalue weighted by molar-refractivity contribution is -0.384. The summed E-state index contributed by atoms with van der Waals surface area (Å²) in [6.07, 6.45) is 1.98. The van der Waals surface area contributed by atoms with Crippen LogP contribution >= 0.6 is 12.2 Å². The highest BCUT2D eigenvalue weighted by Gasteiger charge is 2.30. The molecule has 1 saturated heterocycles. The third-order valence-corrected chi connectivity index (χ3v) is 4.98. The normalized spacial score (nSPS) is 16.1. The number of ether oxygens (including phenoxy) is 2. The first-order chi connectivity index (χ1) is 13.0. The molecule has 1 heterocycles. The molecule has 7 nitrogen and oxygen atoms in total. The summed E-state index contributed by atoms with van der Waals surface area (Å²) in [6, 6.07) is 12.1. The molecule has 3 rings (SSSR count). The van der Waals surface area contributed by atoms with E-state index in [-0.39, 0.29) is 11.7 Å². The Balaban J connectivity index is 1.77. The number of non-ortho nitro benzene ring substituents is 1. The van der Waals surface area contributed by atoms with Gasteiger partial charge in [-0.05, 0) is 49.3 Å². The number of likely N-dealkylation sites (tertiary alicyclic amines) is 1. The Morgan fingerprint density at radius 2 is 1.96 bits per heavy atom. The number of hydrogen-bond acceptors (Lipinski definition) is 5. The number of thiocarbonyl (C=S) groups is 1. The number of nitro groups is 1. The lowest BCUT2D eigenvalue weighted by Crippen LogP contribution is -2.34. The van der Waals surface area contributed by atoms with E-state index in [0.717, 1.165) is 42.1 Å². The van der Waals surface area contributed by atoms with Crippen molar-refractivity contribution in [2.24, 2.45) is 0 Å². The van der Waals surface area contributed by atoms with Gasteiger partial charge in [-0.15, -0.1) is 0 Å². The van der Waals surface area contributed by atoms with Crippen molar-refractivity contribution in [3.05, 3.63) is 58.1 Å². The second kappa shape index (κ2) is 8.22. The highest BCUT2D eigenvalue weighted by atomic mass is 32.1. The van der Waals surface area contributed by atoms with E-state index in [1.807, 2.05) is 18.2 Å². The number of nitrogens with one attached hydrogen (secondary N) is 1. The zero-order chi connectivity index (χ0) is 19.4. The van der Waals surface area contributed by atoms with Crippen LogP contribution in [0, 0.1) is 10.1 Å². The average Bonchev–Trinajstić information content (AvgIpc) is 3.17. The van der Waals surface area contributed by atoms with E-state index in [0.29, 0.717) is 5.11 Å². The predicted molar refractivity (Wildman–Crippen MR) is 108 cm³/mol. The number of nitrogens with zero attached hydrogens (tertiary/aromatic N) is 2. The van der Waals surface area contributed by atoms with Gasteiger partial charge < -0.3 is 19.7 Å². The first kappa shape index (κ1) is 18.9. The minimum atomic E-state index is -0.422. The molecule has 8 heteroatoms. The zero-order valence-corrected chi connectivity index (χ0v) is 16.0. The third-order valence-electron chi connectivity index (χ3n) is 4.64. The van der Waals surface area contributed by atoms with Crippen LogP contribution < -0.4 is 14.8 Å². The molecule has 1 aliphatic rings. The Labute approximate surface area is 163 Å². The van der Waals surface area contributed by atoms with Gasteiger partial charge in [0, 0.05) is 36.0 Å². The molecule has 0 amide bonds. The average molecular weight is 387 g/mol. The van der Waals surface area contributed by atoms with Gasteiger partial charge in [0.25, 0.3) is 5.69 Å². The Morgan fingerprint density at radius 1 is 1.22 bits per heavy atom. The first-order valence-electron chi connectivity index (χ1n) is 8.57. The molecule has 142 valence electrons. The van der Waals surface area contributed by atoms with E-state index in [2.05, 4.69) is 10.2 Å². The van der Waals surface area contributed by atoms with Crippen LogP contribution in [0.2, 0.25) is 0 Å². The fourth-order valence-electron chi connectivity index (χ4n) is 3.29. The summed E-state index contributed by atoms with van der Waals surface area (Å²) < 4.78 is 10.8. The minimum absolute atomic E-state index is 0.0495. The molecule has 1 fully saturated rings. The van der Waals surface area contributed by atoms with E-state index in [1.165, 1.54) is 12.1 Å². The molecule has 27 heavy (non-hydrogen) atoms. The van der Waals surface area contributed by atoms with Crippen LogP contribution in [-0.4, -0.2) is 35.7 Å². The van der Waals surface area contributed by atoms with Gasteiger partial charge in [0.15, 0.2) is 5.11 Å². The fraction of sp³-hybridized carbons (Fsp3) is 0.316. The van der Waals surface area contributed by atoms with E-state index >= 15 is 0 Å². The van der Waals surface area contributed by atoms with Crippen molar-refractivity contribution in [3.8, 4) is 11.5 Å². The molecule has 0 spiro atoms. The molecule has 1 aliphatic heterocycles. The van der Waals surface area contributed by atoms with Crippen LogP contribution in [0.1, 0.15) is 24.4 Å². The number of nitro benzene ring substituents is 1. The Bertz CT molecular complexity index is 841. The van der Waals surface area contributed by atoms with Crippen molar-refractivity contribution >= 4 is 28.7 Å². The monoisotopic (exact) mass is 387 g/mol. The van der Waals surface area contributed by atoms with Crippen molar-refractivity contribution in [2.75, 3.05) is 26.1 Å². The molecule has 1 atom stereocenters. The van der Waals surface area contributed by atoms with Gasteiger partial charge in [0.05, 0.1) is 25.2 Å². The van der Waals surface area contributed by atoms with E-state index in [9.17, 15) is 10.1 Å². The molecular formula is C19H21N3O4S. The van der Waals surface area contributed by atoms with Gasteiger partial charge >= 0.3 is 0 Å². The van der Waals surface area contributed by atoms with Gasteiger partial charge in [0.1, 0.15) is 11.5 Å². The summed E-state index contributed by atoms with van der Waals surface area (Å²) in [4.78, 5) is 12.5. The van der Waals surface area contributed by atoms with Crippen molar-refractivity contribution in [1.82, 2.24) is 4.90 Å². The van der Waals surface area contributed by atoms with E-state index < -0.39 is 4.92 Å². The first-order valence-corrected chi connectivity index (χ1v) is 8.98. The molecule has 2 aromatic rings. The number of rotatable bonds is 5. The maximum Gasteiger partial charge on any atom is 0.269 e. The Kier molecular flexibility index (Phi) is 5.75. The molecule has 0 aliphatic carbocycles. The lowest BCUT2D eigenvalue weighted by Gasteiger charge is -2.29. The number of benzene rings is 2. The largest absolute Gasteiger partial charge is 0.497 e. The smallest absolute Gasteiger partial charge is 0.269 e. The topological polar surface area (TPSA) is 76.9 Å². The molecular weight excluding hydrogens is 366 g/mol. The quantitative estimate of drug-likeness (QED) is 0.469. The standard InChI is InChI=1S/C19H21N3O4S/c1-25-15-9-10-16(18(12-15)26-2)17-4-3-11-21(17)19(27)20-13-5-7-14(8-6-13)22(23)24/h5-10,12,17H,3-4,11H2,1-2H3,(H,20,27)/t17-/m0/s1. The van der Waals surface area contributed by atoms with Gasteiger partial charge in [0.2, 0.25) is 0 Å². The summed E-state index contributed by atoms with van der Waals surface area (Å²) in [5, 5.41) is 14.5. The summed E-state index contributed by atoms with van der Waals surface area (Å²) in [5.74, 6) is 1.51. The summed E-state index contributed by atoms with van der Waals surface area (Å²) in [6.45, 7) is 0.832. The number of methoxy groups -OCH3 is 2. The summed E-state index contributed by atoms with van der Waals surface area (Å²) >= 11 is 5.60. The number of hydrogen-bond donors (Lipinski definition) is 1. The maximum atomic E-state index is 10.8. The van der Waals surface area contributed by atoms with Crippen LogP contribution in [0.4, 0.5) is 11.4 Å². The van der Waals surface area contributed by atoms with Crippen LogP contribution in [0.15, 0.2) is 42.5 Å². The number of anilines is 1. The molecule has 0 saturated carbocycles. The van der Waals surface area contributed by atoms with E-state index in [4.69, 9.17) is 21.7 Å². The highest BCUT2D eigenvalue weighted by Crippen LogP contribution is 2.39. The minimum Gasteiger partial charge on any atom is -0.497 e. The predicted octanol–water partition coefficient (Wildman–Crippen LogP) is 4.15. The van der Waals surface area contributed by atoms with Gasteiger partial charge in [-0.3, -0.25) is 10.1 Å². The fourth-order valence-corrected chi connectivity index (χ4v) is 3.62. The van der Waals surface area contributed by atoms with Gasteiger partial charge in [-0.1, -0.05) is 0 Å². The van der Waals surface area contributed by atoms with Gasteiger partial charge in [-0.2, -0.15) is 0 Å². The Hall–Kier alpha value is -2.87. The zero-order valence-electron chi connectivity index (χ0n) is 15.2. The van der Waals surface area contributed by atoms with Crippen molar-refractivity contribution in [1.29, 1.82) is 0 Å². The summed E-state index contributed by atoms with van der Waals surface area (Å²) in [5.41, 5.74) is 1.83. The molecule has 2 aromatic carbocycles. The van der Waals surface area contributed by atoms with Crippen LogP contribution in [0.5, 0.6) is 11.5 Å². The molecule has 0 bridgehead atoms. The van der Waals surface area contributed by atoms with Crippen molar-refractivity contribution < 1.29 is 14.4 Å². The highest BCUT2D eigenvalue weighted by molar-refractivity contribution is 7.80. The van der Waals surface area contributed by atoms with Gasteiger partial charge in [-0.25, -0.2) is 0 Å². The van der Waals surface area contributed by atoms with Crippen molar-refractivity contribution in [3.63, 3.8) is 0 Å². The molecule has 0 unspecified atom stereocenters. The van der Waals surface area contributed by atoms with Crippen molar-refractivity contribution in [2.45, 2.75) is 18.9 Å². The maximum absolute atomic E-state index is 10.8. The van der Waals surface area contributed by atoms with Crippen LogP contribution in [0.3, 0.4) is 0 Å². The van der Waals surface area contributed by atoms with Crippen LogP contribution in [0.25, 0.3) is 0 Å². The van der Waals surface area contributed by atoms with E-state index in [1.54, 1.807) is 26.4 Å². The second-order valence-corrected chi connectivity index (χ2v) is 6.58. The molecule has 0 radical (unpaired) electrons. The summed E-state index contributed by atoms with van der Waals surface area (Å²) in [7, 11) is 3.27. The molecule has 0 aromatic heterocycles. The second-order valence-electron chi connectivity index (χ2n) is 6.19. The SMILES string of the molecule is COc1ccc([C@@H]2CCCN2C(=S)Nc2ccc([N+](=O)[O-])cc2)c(OC)c1. The van der Waals surface area contributed by atoms with Crippen LogP contribution in [-0.2, 0) is 0 Å². The third kappa shape index (κ3) is 4.11.